The van der Waals surface area contributed by atoms with Gasteiger partial charge in [0.25, 0.3) is 0 Å². The maximum Gasteiger partial charge on any atom is 0.134 e. The molecule has 1 aliphatic rings. The average molecular weight is 254 g/mol. The first-order valence-corrected chi connectivity index (χ1v) is 7.35. The van der Waals surface area contributed by atoms with Crippen LogP contribution in [0.5, 0.6) is 0 Å². The van der Waals surface area contributed by atoms with Gasteiger partial charge in [0.15, 0.2) is 0 Å². The van der Waals surface area contributed by atoms with Crippen LogP contribution in [0.2, 0.25) is 0 Å². The number of nitrogens with zero attached hydrogens (tertiary/aromatic N) is 3. The summed E-state index contributed by atoms with van der Waals surface area (Å²) in [7, 11) is 1.94. The van der Waals surface area contributed by atoms with Crippen molar-refractivity contribution in [3.05, 3.63) is 5.69 Å². The molecule has 0 spiro atoms. The average Bonchev–Trinajstić information content (AvgIpc) is 2.67. The van der Waals surface area contributed by atoms with E-state index in [2.05, 4.69) is 26.7 Å². The molecule has 1 unspecified atom stereocenters. The number of hydrogen-bond donors (Lipinski definition) is 1. The third kappa shape index (κ3) is 3.16. The van der Waals surface area contributed by atoms with E-state index < -0.39 is 0 Å². The van der Waals surface area contributed by atoms with E-state index in [1.54, 1.807) is 0 Å². The van der Waals surface area contributed by atoms with Crippen molar-refractivity contribution in [2.45, 2.75) is 51.6 Å². The first kappa shape index (κ1) is 12.8. The summed E-state index contributed by atoms with van der Waals surface area (Å²) in [4.78, 5) is 2.59. The number of rotatable bonds is 4. The molecular weight excluding hydrogens is 232 g/mol. The van der Waals surface area contributed by atoms with Crippen LogP contribution in [0, 0.1) is 0 Å². The van der Waals surface area contributed by atoms with Crippen molar-refractivity contribution in [2.24, 2.45) is 0 Å². The molecule has 0 amide bonds. The highest BCUT2D eigenvalue weighted by Crippen LogP contribution is 2.24. The zero-order valence-electron chi connectivity index (χ0n) is 10.8. The van der Waals surface area contributed by atoms with Gasteiger partial charge in [-0.25, -0.2) is 0 Å². The number of likely N-dealkylation sites (tertiary alicyclic amines) is 1. The van der Waals surface area contributed by atoms with E-state index in [-0.39, 0.29) is 0 Å². The smallest absolute Gasteiger partial charge is 0.134 e. The van der Waals surface area contributed by atoms with Gasteiger partial charge >= 0.3 is 0 Å². The summed E-state index contributed by atoms with van der Waals surface area (Å²) in [5.74, 6) is 0. The Bertz CT molecular complexity index is 339. The summed E-state index contributed by atoms with van der Waals surface area (Å²) in [6.45, 7) is 4.45. The molecule has 1 aliphatic heterocycles. The highest BCUT2D eigenvalue weighted by atomic mass is 32.1. The monoisotopic (exact) mass is 254 g/mol. The van der Waals surface area contributed by atoms with Crippen LogP contribution in [0.4, 0.5) is 5.00 Å². The van der Waals surface area contributed by atoms with Crippen LogP contribution < -0.4 is 5.32 Å². The quantitative estimate of drug-likeness (QED) is 0.897. The Labute approximate surface area is 108 Å². The molecule has 5 heteroatoms. The summed E-state index contributed by atoms with van der Waals surface area (Å²) in [6, 6.07) is 0.726. The molecular formula is C12H22N4S. The van der Waals surface area contributed by atoms with Crippen molar-refractivity contribution in [1.82, 2.24) is 14.5 Å². The topological polar surface area (TPSA) is 41.1 Å². The molecule has 1 fully saturated rings. The minimum atomic E-state index is 0.726. The molecule has 96 valence electrons. The van der Waals surface area contributed by atoms with Gasteiger partial charge < -0.3 is 5.32 Å². The zero-order chi connectivity index (χ0) is 12.1. The van der Waals surface area contributed by atoms with E-state index in [4.69, 9.17) is 0 Å². The number of aromatic nitrogens is 2. The molecule has 0 bridgehead atoms. The molecule has 1 aromatic heterocycles. The van der Waals surface area contributed by atoms with E-state index in [0.29, 0.717) is 0 Å². The zero-order valence-corrected chi connectivity index (χ0v) is 11.6. The molecule has 4 nitrogen and oxygen atoms in total. The molecule has 0 aliphatic carbocycles. The van der Waals surface area contributed by atoms with Gasteiger partial charge in [0.05, 0.1) is 0 Å². The van der Waals surface area contributed by atoms with Crippen molar-refractivity contribution >= 4 is 16.5 Å². The van der Waals surface area contributed by atoms with Gasteiger partial charge in [-0.3, -0.25) is 4.90 Å². The Balaban J connectivity index is 2.04. The highest BCUT2D eigenvalue weighted by Gasteiger charge is 2.21. The van der Waals surface area contributed by atoms with Gasteiger partial charge in [-0.2, -0.15) is 0 Å². The maximum absolute atomic E-state index is 4.24. The predicted molar refractivity (Wildman–Crippen MR) is 72.4 cm³/mol. The first-order valence-electron chi connectivity index (χ1n) is 6.58. The SMILES string of the molecule is CCC1CCCCCN1Cc1nnsc1NC. The fraction of sp³-hybridized carbons (Fsp3) is 0.833. The normalized spacial score (nSPS) is 22.4. The van der Waals surface area contributed by atoms with Crippen molar-refractivity contribution in [1.29, 1.82) is 0 Å². The van der Waals surface area contributed by atoms with Crippen LogP contribution in [0.25, 0.3) is 0 Å². The molecule has 1 aromatic rings. The molecule has 0 saturated carbocycles. The second-order valence-corrected chi connectivity index (χ2v) is 5.43. The Morgan fingerprint density at radius 1 is 1.41 bits per heavy atom. The fourth-order valence-corrected chi connectivity index (χ4v) is 3.12. The van der Waals surface area contributed by atoms with Crippen molar-refractivity contribution in [3.63, 3.8) is 0 Å². The highest BCUT2D eigenvalue weighted by molar-refractivity contribution is 7.10. The molecule has 1 saturated heterocycles. The lowest BCUT2D eigenvalue weighted by Crippen LogP contribution is -2.34. The largest absolute Gasteiger partial charge is 0.377 e. The van der Waals surface area contributed by atoms with Crippen LogP contribution in [0.3, 0.4) is 0 Å². The summed E-state index contributed by atoms with van der Waals surface area (Å²) >= 11 is 1.45. The van der Waals surface area contributed by atoms with Gasteiger partial charge in [0, 0.05) is 31.2 Å². The van der Waals surface area contributed by atoms with E-state index >= 15 is 0 Å². The van der Waals surface area contributed by atoms with Crippen molar-refractivity contribution < 1.29 is 0 Å². The number of nitrogens with one attached hydrogen (secondary N) is 1. The Morgan fingerprint density at radius 2 is 2.29 bits per heavy atom. The van der Waals surface area contributed by atoms with Crippen LogP contribution >= 0.6 is 11.5 Å². The second kappa shape index (κ2) is 6.31. The van der Waals surface area contributed by atoms with E-state index in [1.165, 1.54) is 50.2 Å². The van der Waals surface area contributed by atoms with E-state index in [1.807, 2.05) is 7.05 Å². The minimum Gasteiger partial charge on any atom is -0.377 e. The molecule has 17 heavy (non-hydrogen) atoms. The first-order chi connectivity index (χ1) is 8.35. The Morgan fingerprint density at radius 3 is 3.06 bits per heavy atom. The molecule has 2 heterocycles. The molecule has 0 aromatic carbocycles. The molecule has 0 radical (unpaired) electrons. The number of hydrogen-bond acceptors (Lipinski definition) is 5. The second-order valence-electron chi connectivity index (χ2n) is 4.68. The molecule has 2 rings (SSSR count). The standard InChI is InChI=1S/C12H22N4S/c1-3-10-7-5-4-6-8-16(10)9-11-12(13-2)17-15-14-11/h10,13H,3-9H2,1-2H3. The fourth-order valence-electron chi connectivity index (χ4n) is 2.60. The maximum atomic E-state index is 4.24. The van der Waals surface area contributed by atoms with Crippen molar-refractivity contribution in [2.75, 3.05) is 18.9 Å². The van der Waals surface area contributed by atoms with Gasteiger partial charge in [-0.15, -0.1) is 5.10 Å². The minimum absolute atomic E-state index is 0.726. The van der Waals surface area contributed by atoms with Crippen LogP contribution in [-0.4, -0.2) is 34.1 Å². The Hall–Kier alpha value is -0.680. The summed E-state index contributed by atoms with van der Waals surface area (Å²) < 4.78 is 4.04. The predicted octanol–water partition coefficient (Wildman–Crippen LogP) is 2.73. The third-order valence-corrected chi connectivity index (χ3v) is 4.39. The van der Waals surface area contributed by atoms with E-state index in [9.17, 15) is 0 Å². The summed E-state index contributed by atoms with van der Waals surface area (Å²) in [6.07, 6.45) is 6.66. The molecule has 1 atom stereocenters. The lowest BCUT2D eigenvalue weighted by atomic mass is 10.1. The van der Waals surface area contributed by atoms with Crippen LogP contribution in [0.15, 0.2) is 0 Å². The lowest BCUT2D eigenvalue weighted by Gasteiger charge is -2.28. The van der Waals surface area contributed by atoms with Crippen molar-refractivity contribution in [3.8, 4) is 0 Å². The summed E-state index contributed by atoms with van der Waals surface area (Å²) in [5, 5.41) is 8.54. The lowest BCUT2D eigenvalue weighted by molar-refractivity contribution is 0.184. The Kier molecular flexibility index (Phi) is 4.74. The van der Waals surface area contributed by atoms with Crippen LogP contribution in [0.1, 0.15) is 44.7 Å². The third-order valence-electron chi connectivity index (χ3n) is 3.61. The summed E-state index contributed by atoms with van der Waals surface area (Å²) in [5.41, 5.74) is 1.11. The van der Waals surface area contributed by atoms with Gasteiger partial charge in [-0.1, -0.05) is 24.3 Å². The van der Waals surface area contributed by atoms with Gasteiger partial charge in [-0.05, 0) is 25.8 Å². The van der Waals surface area contributed by atoms with E-state index in [0.717, 1.165) is 23.3 Å². The van der Waals surface area contributed by atoms with Gasteiger partial charge in [0.1, 0.15) is 10.7 Å². The van der Waals surface area contributed by atoms with Crippen LogP contribution in [-0.2, 0) is 6.54 Å². The van der Waals surface area contributed by atoms with Gasteiger partial charge in [0.2, 0.25) is 0 Å². The number of anilines is 1. The molecule has 1 N–H and O–H groups in total.